The van der Waals surface area contributed by atoms with Crippen molar-refractivity contribution in [2.75, 3.05) is 6.54 Å². The van der Waals surface area contributed by atoms with Gasteiger partial charge in [-0.05, 0) is 20.8 Å². The first-order chi connectivity index (χ1) is 6.54. The molecule has 14 heavy (non-hydrogen) atoms. The van der Waals surface area contributed by atoms with E-state index in [1.165, 1.54) is 0 Å². The average Bonchev–Trinajstić information content (AvgIpc) is 2.52. The van der Waals surface area contributed by atoms with Gasteiger partial charge in [0.05, 0.1) is 17.4 Å². The molecule has 78 valence electrons. The zero-order chi connectivity index (χ0) is 10.6. The smallest absolute Gasteiger partial charge is 0.0965 e. The first-order valence-corrected chi connectivity index (χ1v) is 4.77. The van der Waals surface area contributed by atoms with Crippen molar-refractivity contribution < 1.29 is 0 Å². The molecule has 0 atom stereocenters. The van der Waals surface area contributed by atoms with E-state index in [4.69, 9.17) is 0 Å². The molecule has 0 bridgehead atoms. The first-order valence-electron chi connectivity index (χ1n) is 4.77. The molecule has 4 heteroatoms. The Morgan fingerprint density at radius 2 is 2.29 bits per heavy atom. The summed E-state index contributed by atoms with van der Waals surface area (Å²) >= 11 is 0. The molecular formula is C10H18N4. The minimum Gasteiger partial charge on any atom is -0.308 e. The van der Waals surface area contributed by atoms with E-state index in [9.17, 15) is 0 Å². The minimum absolute atomic E-state index is 0.00366. The highest BCUT2D eigenvalue weighted by atomic mass is 15.4. The number of nitrogens with zero attached hydrogens (tertiary/aromatic N) is 3. The fourth-order valence-electron chi connectivity index (χ4n) is 1.01. The molecule has 4 nitrogen and oxygen atoms in total. The molecule has 1 aromatic rings. The molecule has 0 fully saturated rings. The van der Waals surface area contributed by atoms with Crippen LogP contribution in [0.25, 0.3) is 0 Å². The fourth-order valence-corrected chi connectivity index (χ4v) is 1.01. The third-order valence-corrected chi connectivity index (χ3v) is 1.82. The Hall–Kier alpha value is -1.16. The van der Waals surface area contributed by atoms with Crippen LogP contribution in [0.15, 0.2) is 18.9 Å². The van der Waals surface area contributed by atoms with E-state index in [1.807, 2.05) is 17.0 Å². The Kier molecular flexibility index (Phi) is 3.41. The highest BCUT2D eigenvalue weighted by Crippen LogP contribution is 2.11. The summed E-state index contributed by atoms with van der Waals surface area (Å²) in [4.78, 5) is 0. The SMILES string of the molecule is C=CCNCc1cn(C(C)(C)C)nn1. The van der Waals surface area contributed by atoms with Crippen LogP contribution in [0.2, 0.25) is 0 Å². The summed E-state index contributed by atoms with van der Waals surface area (Å²) in [5, 5.41) is 11.3. The van der Waals surface area contributed by atoms with Crippen molar-refractivity contribution in [2.24, 2.45) is 0 Å². The maximum absolute atomic E-state index is 4.07. The van der Waals surface area contributed by atoms with Crippen molar-refractivity contribution in [3.8, 4) is 0 Å². The minimum atomic E-state index is 0.00366. The van der Waals surface area contributed by atoms with E-state index in [0.717, 1.165) is 18.8 Å². The van der Waals surface area contributed by atoms with Gasteiger partial charge in [-0.15, -0.1) is 11.7 Å². The Labute approximate surface area is 85.0 Å². The van der Waals surface area contributed by atoms with Gasteiger partial charge in [-0.1, -0.05) is 11.3 Å². The summed E-state index contributed by atoms with van der Waals surface area (Å²) in [7, 11) is 0. The molecule has 0 radical (unpaired) electrons. The van der Waals surface area contributed by atoms with Crippen LogP contribution < -0.4 is 5.32 Å². The molecule has 0 amide bonds. The second kappa shape index (κ2) is 4.37. The number of aromatic nitrogens is 3. The normalized spacial score (nSPS) is 11.6. The second-order valence-electron chi connectivity index (χ2n) is 4.24. The zero-order valence-corrected chi connectivity index (χ0v) is 9.12. The number of nitrogens with one attached hydrogen (secondary N) is 1. The molecule has 1 rings (SSSR count). The van der Waals surface area contributed by atoms with Gasteiger partial charge in [-0.2, -0.15) is 0 Å². The van der Waals surface area contributed by atoms with E-state index in [2.05, 4.69) is 43.0 Å². The van der Waals surface area contributed by atoms with Gasteiger partial charge in [0.25, 0.3) is 0 Å². The number of hydrogen-bond acceptors (Lipinski definition) is 3. The molecule has 0 saturated heterocycles. The van der Waals surface area contributed by atoms with E-state index in [1.54, 1.807) is 0 Å². The Morgan fingerprint density at radius 3 is 2.79 bits per heavy atom. The van der Waals surface area contributed by atoms with Crippen LogP contribution in [0, 0.1) is 0 Å². The molecule has 0 aliphatic heterocycles. The molecule has 1 heterocycles. The van der Waals surface area contributed by atoms with Crippen LogP contribution in [0.3, 0.4) is 0 Å². The summed E-state index contributed by atoms with van der Waals surface area (Å²) in [6, 6.07) is 0. The van der Waals surface area contributed by atoms with Gasteiger partial charge in [0.1, 0.15) is 0 Å². The lowest BCUT2D eigenvalue weighted by Crippen LogP contribution is -2.22. The topological polar surface area (TPSA) is 42.7 Å². The van der Waals surface area contributed by atoms with Gasteiger partial charge in [-0.3, -0.25) is 0 Å². The van der Waals surface area contributed by atoms with Crippen molar-refractivity contribution in [3.05, 3.63) is 24.5 Å². The van der Waals surface area contributed by atoms with E-state index in [0.29, 0.717) is 0 Å². The quantitative estimate of drug-likeness (QED) is 0.580. The van der Waals surface area contributed by atoms with Crippen molar-refractivity contribution in [1.82, 2.24) is 20.3 Å². The van der Waals surface area contributed by atoms with E-state index >= 15 is 0 Å². The number of rotatable bonds is 4. The molecule has 0 spiro atoms. The molecular weight excluding hydrogens is 176 g/mol. The van der Waals surface area contributed by atoms with Crippen LogP contribution in [0.1, 0.15) is 26.5 Å². The largest absolute Gasteiger partial charge is 0.308 e. The summed E-state index contributed by atoms with van der Waals surface area (Å²) in [6.07, 6.45) is 3.80. The van der Waals surface area contributed by atoms with E-state index < -0.39 is 0 Å². The summed E-state index contributed by atoms with van der Waals surface area (Å²) in [5.74, 6) is 0. The third-order valence-electron chi connectivity index (χ3n) is 1.82. The summed E-state index contributed by atoms with van der Waals surface area (Å²) < 4.78 is 1.87. The Balaban J connectivity index is 2.55. The maximum Gasteiger partial charge on any atom is 0.0965 e. The predicted octanol–water partition coefficient (Wildman–Crippen LogP) is 1.31. The van der Waals surface area contributed by atoms with Gasteiger partial charge in [0.15, 0.2) is 0 Å². The average molecular weight is 194 g/mol. The Morgan fingerprint density at radius 1 is 1.57 bits per heavy atom. The predicted molar refractivity (Wildman–Crippen MR) is 56.9 cm³/mol. The van der Waals surface area contributed by atoms with Crippen molar-refractivity contribution in [3.63, 3.8) is 0 Å². The zero-order valence-electron chi connectivity index (χ0n) is 9.12. The highest BCUT2D eigenvalue weighted by molar-refractivity contribution is 4.94. The standard InChI is InChI=1S/C10H18N4/c1-5-6-11-7-9-8-14(13-12-9)10(2,3)4/h5,8,11H,1,6-7H2,2-4H3. The first kappa shape index (κ1) is 10.9. The fraction of sp³-hybridized carbons (Fsp3) is 0.600. The van der Waals surface area contributed by atoms with Gasteiger partial charge in [0.2, 0.25) is 0 Å². The lowest BCUT2D eigenvalue weighted by Gasteiger charge is -2.17. The molecule has 0 saturated carbocycles. The van der Waals surface area contributed by atoms with Gasteiger partial charge < -0.3 is 5.32 Å². The van der Waals surface area contributed by atoms with Crippen LogP contribution in [0.4, 0.5) is 0 Å². The molecule has 0 aliphatic rings. The highest BCUT2D eigenvalue weighted by Gasteiger charge is 2.14. The maximum atomic E-state index is 4.07. The summed E-state index contributed by atoms with van der Waals surface area (Å²) in [6.45, 7) is 11.5. The van der Waals surface area contributed by atoms with Crippen LogP contribution >= 0.6 is 0 Å². The molecule has 1 N–H and O–H groups in total. The lowest BCUT2D eigenvalue weighted by molar-refractivity contribution is 0.347. The van der Waals surface area contributed by atoms with Crippen molar-refractivity contribution in [1.29, 1.82) is 0 Å². The summed E-state index contributed by atoms with van der Waals surface area (Å²) in [5.41, 5.74) is 0.964. The molecule has 1 aromatic heterocycles. The molecule has 0 aliphatic carbocycles. The van der Waals surface area contributed by atoms with Gasteiger partial charge in [0, 0.05) is 13.1 Å². The lowest BCUT2D eigenvalue weighted by atomic mass is 10.1. The molecule has 0 unspecified atom stereocenters. The third kappa shape index (κ3) is 2.96. The van der Waals surface area contributed by atoms with Crippen LogP contribution in [-0.4, -0.2) is 21.5 Å². The monoisotopic (exact) mass is 194 g/mol. The van der Waals surface area contributed by atoms with Gasteiger partial charge in [-0.25, -0.2) is 4.68 Å². The Bertz CT molecular complexity index is 295. The van der Waals surface area contributed by atoms with Gasteiger partial charge >= 0.3 is 0 Å². The van der Waals surface area contributed by atoms with Crippen LogP contribution in [-0.2, 0) is 12.1 Å². The molecule has 0 aromatic carbocycles. The van der Waals surface area contributed by atoms with Crippen molar-refractivity contribution >= 4 is 0 Å². The van der Waals surface area contributed by atoms with E-state index in [-0.39, 0.29) is 5.54 Å². The van der Waals surface area contributed by atoms with Crippen molar-refractivity contribution in [2.45, 2.75) is 32.9 Å². The number of hydrogen-bond donors (Lipinski definition) is 1. The second-order valence-corrected chi connectivity index (χ2v) is 4.24. The van der Waals surface area contributed by atoms with Crippen LogP contribution in [0.5, 0.6) is 0 Å².